The highest BCUT2D eigenvalue weighted by molar-refractivity contribution is 8.32. The molecule has 0 spiro atoms. The summed E-state index contributed by atoms with van der Waals surface area (Å²) in [6.45, 7) is 1.21. The lowest BCUT2D eigenvalue weighted by Crippen LogP contribution is -2.20. The van der Waals surface area contributed by atoms with Gasteiger partial charge < -0.3 is 9.30 Å². The summed E-state index contributed by atoms with van der Waals surface area (Å²) in [5, 5.41) is 5.25. The molecule has 0 bridgehead atoms. The van der Waals surface area contributed by atoms with Crippen LogP contribution in [0, 0.1) is 5.92 Å². The highest BCUT2D eigenvalue weighted by Crippen LogP contribution is 2.37. The molecule has 0 aromatic carbocycles. The molecule has 3 aromatic rings. The van der Waals surface area contributed by atoms with Gasteiger partial charge in [-0.05, 0) is 55.2 Å². The van der Waals surface area contributed by atoms with Gasteiger partial charge in [-0.1, -0.05) is 12.8 Å². The Morgan fingerprint density at radius 2 is 2.06 bits per heavy atom. The van der Waals surface area contributed by atoms with Crippen molar-refractivity contribution in [2.45, 2.75) is 44.9 Å². The summed E-state index contributed by atoms with van der Waals surface area (Å²) in [6, 6.07) is 2.02. The van der Waals surface area contributed by atoms with E-state index in [1.54, 1.807) is 6.33 Å². The second-order valence-corrected chi connectivity index (χ2v) is 14.5. The van der Waals surface area contributed by atoms with Crippen molar-refractivity contribution in [3.63, 3.8) is 0 Å². The van der Waals surface area contributed by atoms with Crippen LogP contribution in [0.1, 0.15) is 38.1 Å². The van der Waals surface area contributed by atoms with Crippen molar-refractivity contribution in [1.82, 2.24) is 24.3 Å². The minimum absolute atomic E-state index is 0.00322. The van der Waals surface area contributed by atoms with E-state index in [1.165, 1.54) is 12.8 Å². The van der Waals surface area contributed by atoms with Gasteiger partial charge in [0.1, 0.15) is 18.7 Å². The second kappa shape index (κ2) is 9.93. The van der Waals surface area contributed by atoms with Crippen LogP contribution in [0.15, 0.2) is 31.0 Å². The minimum atomic E-state index is -0.568. The van der Waals surface area contributed by atoms with Gasteiger partial charge in [-0.25, -0.2) is 20.0 Å². The van der Waals surface area contributed by atoms with Crippen LogP contribution >= 0.6 is 21.6 Å². The van der Waals surface area contributed by atoms with E-state index < -0.39 is 10.0 Å². The number of carbonyl (C=O) groups excluding carboxylic acids is 1. The zero-order chi connectivity index (χ0) is 22.7. The number of hydrogen-bond donors (Lipinski definition) is 0. The monoisotopic (exact) mass is 477 g/mol. The molecule has 4 rings (SSSR count). The maximum atomic E-state index is 11.7. The molecule has 0 aliphatic heterocycles. The van der Waals surface area contributed by atoms with Crippen molar-refractivity contribution in [2.24, 2.45) is 5.92 Å². The summed E-state index contributed by atoms with van der Waals surface area (Å²) in [7, 11) is -0.568. The lowest BCUT2D eigenvalue weighted by atomic mass is 9.96. The van der Waals surface area contributed by atoms with Crippen LogP contribution in [0.5, 0.6) is 0 Å². The van der Waals surface area contributed by atoms with Crippen LogP contribution in [0.2, 0.25) is 0 Å². The first-order valence-corrected chi connectivity index (χ1v) is 14.5. The van der Waals surface area contributed by atoms with Gasteiger partial charge in [-0.2, -0.15) is 5.10 Å². The first-order valence-electron chi connectivity index (χ1n) is 11.1. The van der Waals surface area contributed by atoms with E-state index in [2.05, 4.69) is 33.8 Å². The topological polar surface area (TPSA) is 74.8 Å². The smallest absolute Gasteiger partial charge is 0.223 e. The molecule has 0 N–H and O–H groups in total. The highest BCUT2D eigenvalue weighted by atomic mass is 35.5. The third-order valence-corrected chi connectivity index (χ3v) is 7.70. The molecule has 3 aromatic heterocycles. The number of ether oxygens (including phenoxy) is 1. The SMILES string of the molecule is CS(C)(C)CCOCn1ccc2c(-c3cnn([C@H](CC(=O)Cl)C4CCCC4)c3)ncnc21. The van der Waals surface area contributed by atoms with Gasteiger partial charge in [-0.3, -0.25) is 9.48 Å². The van der Waals surface area contributed by atoms with Crippen LogP contribution < -0.4 is 0 Å². The molecule has 0 saturated heterocycles. The predicted molar refractivity (Wildman–Crippen MR) is 131 cm³/mol. The van der Waals surface area contributed by atoms with Gasteiger partial charge in [-0.15, -0.1) is 0 Å². The summed E-state index contributed by atoms with van der Waals surface area (Å²) >= 11 is 5.77. The Hall–Kier alpha value is -1.90. The molecule has 1 atom stereocenters. The van der Waals surface area contributed by atoms with Gasteiger partial charge in [0.05, 0.1) is 24.5 Å². The molecular weight excluding hydrogens is 446 g/mol. The fraction of sp³-hybridized carbons (Fsp3) is 0.565. The zero-order valence-electron chi connectivity index (χ0n) is 19.0. The van der Waals surface area contributed by atoms with Gasteiger partial charge in [0.15, 0.2) is 0 Å². The maximum Gasteiger partial charge on any atom is 0.223 e. The van der Waals surface area contributed by atoms with E-state index in [0.717, 1.165) is 47.5 Å². The molecular formula is C23H32ClN5O2S. The molecule has 1 aliphatic carbocycles. The summed E-state index contributed by atoms with van der Waals surface area (Å²) < 4.78 is 9.82. The number of carbonyl (C=O) groups is 1. The summed E-state index contributed by atoms with van der Waals surface area (Å²) in [6.07, 6.45) is 19.2. The van der Waals surface area contributed by atoms with E-state index in [9.17, 15) is 4.79 Å². The van der Waals surface area contributed by atoms with Gasteiger partial charge in [0, 0.05) is 35.5 Å². The van der Waals surface area contributed by atoms with Crippen molar-refractivity contribution < 1.29 is 9.53 Å². The fourth-order valence-electron chi connectivity index (χ4n) is 4.43. The van der Waals surface area contributed by atoms with Crippen molar-refractivity contribution in [2.75, 3.05) is 31.1 Å². The Morgan fingerprint density at radius 1 is 1.28 bits per heavy atom. The van der Waals surface area contributed by atoms with E-state index in [4.69, 9.17) is 16.3 Å². The average Bonchev–Trinajstić information content (AvgIpc) is 3.49. The minimum Gasteiger partial charge on any atom is -0.360 e. The standard InChI is InChI=1S/C23H32ClN5O2S/c1-32(2,3)11-10-31-16-28-9-8-19-22(25-15-26-23(19)28)18-13-27-29(14-18)20(12-21(24)30)17-6-4-5-7-17/h8-9,13-15,17,20H,4-7,10-12,16H2,1-3H3/t20-/m1/s1. The Morgan fingerprint density at radius 3 is 2.78 bits per heavy atom. The fourth-order valence-corrected chi connectivity index (χ4v) is 5.21. The summed E-state index contributed by atoms with van der Waals surface area (Å²) in [4.78, 5) is 20.7. The van der Waals surface area contributed by atoms with Crippen LogP contribution in [0.4, 0.5) is 0 Å². The first-order chi connectivity index (χ1) is 15.3. The number of fused-ring (bicyclic) bond motifs is 1. The zero-order valence-corrected chi connectivity index (χ0v) is 20.6. The molecule has 7 nitrogen and oxygen atoms in total. The quantitative estimate of drug-likeness (QED) is 0.308. The molecule has 0 radical (unpaired) electrons. The Bertz CT molecular complexity index is 1070. The Labute approximate surface area is 195 Å². The normalized spacial score (nSPS) is 16.6. The van der Waals surface area contributed by atoms with Crippen molar-refractivity contribution in [3.05, 3.63) is 31.0 Å². The maximum absolute atomic E-state index is 11.7. The van der Waals surface area contributed by atoms with E-state index in [1.807, 2.05) is 33.9 Å². The third-order valence-electron chi connectivity index (χ3n) is 6.15. The Balaban J connectivity index is 1.54. The number of aromatic nitrogens is 5. The first kappa shape index (κ1) is 23.3. The molecule has 3 heterocycles. The lowest BCUT2D eigenvalue weighted by Gasteiger charge is -2.24. The molecule has 9 heteroatoms. The van der Waals surface area contributed by atoms with Crippen LogP contribution in [-0.4, -0.2) is 60.7 Å². The van der Waals surface area contributed by atoms with Crippen LogP contribution in [0.25, 0.3) is 22.3 Å². The predicted octanol–water partition coefficient (Wildman–Crippen LogP) is 4.85. The van der Waals surface area contributed by atoms with Gasteiger partial charge in [0.2, 0.25) is 5.24 Å². The van der Waals surface area contributed by atoms with Crippen LogP contribution in [-0.2, 0) is 16.3 Å². The van der Waals surface area contributed by atoms with Crippen molar-refractivity contribution in [3.8, 4) is 11.3 Å². The van der Waals surface area contributed by atoms with Gasteiger partial charge >= 0.3 is 0 Å². The molecule has 0 amide bonds. The third kappa shape index (κ3) is 5.53. The molecule has 1 aliphatic rings. The lowest BCUT2D eigenvalue weighted by molar-refractivity contribution is -0.112. The molecule has 1 saturated carbocycles. The number of hydrogen-bond acceptors (Lipinski definition) is 5. The number of rotatable bonds is 10. The highest BCUT2D eigenvalue weighted by Gasteiger charge is 2.29. The van der Waals surface area contributed by atoms with Crippen LogP contribution in [0.3, 0.4) is 0 Å². The number of nitrogens with zero attached hydrogens (tertiary/aromatic N) is 5. The van der Waals surface area contributed by atoms with E-state index in [0.29, 0.717) is 19.1 Å². The molecule has 174 valence electrons. The second-order valence-electron chi connectivity index (χ2n) is 9.46. The largest absolute Gasteiger partial charge is 0.360 e. The summed E-state index contributed by atoms with van der Waals surface area (Å²) in [5.41, 5.74) is 2.59. The van der Waals surface area contributed by atoms with Crippen molar-refractivity contribution >= 4 is 37.9 Å². The summed E-state index contributed by atoms with van der Waals surface area (Å²) in [5.74, 6) is 1.52. The number of halogens is 1. The average molecular weight is 478 g/mol. The molecule has 32 heavy (non-hydrogen) atoms. The van der Waals surface area contributed by atoms with Crippen molar-refractivity contribution in [1.29, 1.82) is 0 Å². The Kier molecular flexibility index (Phi) is 7.22. The molecule has 1 fully saturated rings. The molecule has 0 unspecified atom stereocenters. The van der Waals surface area contributed by atoms with Gasteiger partial charge in [0.25, 0.3) is 0 Å². The van der Waals surface area contributed by atoms with E-state index in [-0.39, 0.29) is 11.3 Å². The van der Waals surface area contributed by atoms with E-state index >= 15 is 0 Å².